The Hall–Kier alpha value is -2.36. The van der Waals surface area contributed by atoms with E-state index in [4.69, 9.17) is 0 Å². The molecule has 1 rings (SSSR count). The van der Waals surface area contributed by atoms with Gasteiger partial charge in [-0.2, -0.15) is 18.7 Å². The standard InChI is InChI=1S/C12H13F4N3O3/c1-17-22-11(12(14,15)16)19-21-7-6-10(20)18-9-4-2-8(13)3-5-9/h2-5,17H,6-7H2,1H3,(H,18,20)/b19-11+. The van der Waals surface area contributed by atoms with Crippen molar-refractivity contribution in [1.29, 1.82) is 0 Å². The van der Waals surface area contributed by atoms with Crippen molar-refractivity contribution in [1.82, 2.24) is 5.48 Å². The van der Waals surface area contributed by atoms with Crippen LogP contribution in [-0.2, 0) is 14.5 Å². The normalized spacial score (nSPS) is 12.0. The molecule has 0 bridgehead atoms. The number of rotatable bonds is 6. The van der Waals surface area contributed by atoms with Crippen molar-refractivity contribution < 1.29 is 32.0 Å². The molecular weight excluding hydrogens is 310 g/mol. The van der Waals surface area contributed by atoms with Crippen molar-refractivity contribution in [3.8, 4) is 0 Å². The van der Waals surface area contributed by atoms with Crippen LogP contribution in [0.1, 0.15) is 6.42 Å². The van der Waals surface area contributed by atoms with E-state index in [1.54, 1.807) is 0 Å². The molecule has 1 aromatic rings. The highest BCUT2D eigenvalue weighted by Gasteiger charge is 2.39. The number of halogens is 4. The van der Waals surface area contributed by atoms with E-state index in [-0.39, 0.29) is 13.0 Å². The molecular formula is C12H13F4N3O3. The molecule has 1 aromatic carbocycles. The Labute approximate surface area is 123 Å². The van der Waals surface area contributed by atoms with Gasteiger partial charge in [-0.15, -0.1) is 0 Å². The first-order chi connectivity index (χ1) is 10.3. The van der Waals surface area contributed by atoms with Crippen LogP contribution in [0.2, 0.25) is 0 Å². The summed E-state index contributed by atoms with van der Waals surface area (Å²) < 4.78 is 49.6. The number of hydrogen-bond acceptors (Lipinski definition) is 5. The fourth-order valence-corrected chi connectivity index (χ4v) is 1.22. The Bertz CT molecular complexity index is 517. The maximum absolute atomic E-state index is 12.7. The number of nitrogens with one attached hydrogen (secondary N) is 2. The van der Waals surface area contributed by atoms with Crippen molar-refractivity contribution >= 4 is 17.5 Å². The van der Waals surface area contributed by atoms with E-state index >= 15 is 0 Å². The predicted molar refractivity (Wildman–Crippen MR) is 69.2 cm³/mol. The number of alkyl halides is 3. The average Bonchev–Trinajstić information content (AvgIpc) is 2.43. The van der Waals surface area contributed by atoms with Gasteiger partial charge in [0, 0.05) is 12.7 Å². The summed E-state index contributed by atoms with van der Waals surface area (Å²) in [6, 6.07) is 4.99. The second-order valence-electron chi connectivity index (χ2n) is 3.84. The van der Waals surface area contributed by atoms with Crippen LogP contribution in [0.5, 0.6) is 0 Å². The van der Waals surface area contributed by atoms with Gasteiger partial charge in [-0.3, -0.25) is 4.79 Å². The van der Waals surface area contributed by atoms with Gasteiger partial charge in [-0.25, -0.2) is 4.39 Å². The number of amides is 1. The minimum atomic E-state index is -4.82. The highest BCUT2D eigenvalue weighted by Crippen LogP contribution is 2.17. The first kappa shape index (κ1) is 17.7. The van der Waals surface area contributed by atoms with Gasteiger partial charge in [0.15, 0.2) is 0 Å². The third kappa shape index (κ3) is 6.39. The Kier molecular flexibility index (Phi) is 6.57. The highest BCUT2D eigenvalue weighted by molar-refractivity contribution is 5.90. The molecule has 10 heteroatoms. The number of hydroxylamine groups is 1. The van der Waals surface area contributed by atoms with E-state index in [0.29, 0.717) is 5.69 Å². The predicted octanol–water partition coefficient (Wildman–Crippen LogP) is 2.20. The van der Waals surface area contributed by atoms with Gasteiger partial charge in [0.05, 0.1) is 6.42 Å². The van der Waals surface area contributed by atoms with Crippen LogP contribution in [0, 0.1) is 5.82 Å². The molecule has 2 N–H and O–H groups in total. The van der Waals surface area contributed by atoms with Crippen LogP contribution in [0.25, 0.3) is 0 Å². The van der Waals surface area contributed by atoms with Gasteiger partial charge in [-0.1, -0.05) is 0 Å². The maximum atomic E-state index is 12.7. The van der Waals surface area contributed by atoms with Crippen molar-refractivity contribution in [2.75, 3.05) is 19.0 Å². The number of oxime groups is 1. The third-order valence-electron chi connectivity index (χ3n) is 2.14. The lowest BCUT2D eigenvalue weighted by Crippen LogP contribution is -2.30. The zero-order valence-electron chi connectivity index (χ0n) is 11.4. The molecule has 0 unspecified atom stereocenters. The zero-order valence-corrected chi connectivity index (χ0v) is 11.4. The average molecular weight is 323 g/mol. The van der Waals surface area contributed by atoms with E-state index in [0.717, 1.165) is 19.2 Å². The van der Waals surface area contributed by atoms with Gasteiger partial charge < -0.3 is 15.0 Å². The summed E-state index contributed by atoms with van der Waals surface area (Å²) in [6.45, 7) is -0.389. The number of nitrogens with zero attached hydrogens (tertiary/aromatic N) is 1. The van der Waals surface area contributed by atoms with Crippen LogP contribution in [0.3, 0.4) is 0 Å². The molecule has 0 saturated carbocycles. The Morgan fingerprint density at radius 1 is 1.27 bits per heavy atom. The van der Waals surface area contributed by atoms with Gasteiger partial charge in [0.25, 0.3) is 0 Å². The number of carbonyl (C=O) groups is 1. The largest absolute Gasteiger partial charge is 0.473 e. The van der Waals surface area contributed by atoms with Crippen molar-refractivity contribution in [2.24, 2.45) is 5.16 Å². The maximum Gasteiger partial charge on any atom is 0.473 e. The number of benzene rings is 1. The van der Waals surface area contributed by atoms with Crippen LogP contribution < -0.4 is 10.8 Å². The molecule has 0 aromatic heterocycles. The molecule has 0 spiro atoms. The summed E-state index contributed by atoms with van der Waals surface area (Å²) in [5.41, 5.74) is 2.17. The number of hydrogen-bond donors (Lipinski definition) is 2. The molecule has 0 heterocycles. The van der Waals surface area contributed by atoms with Crippen molar-refractivity contribution in [3.05, 3.63) is 30.1 Å². The van der Waals surface area contributed by atoms with Crippen LogP contribution in [0.4, 0.5) is 23.2 Å². The summed E-state index contributed by atoms with van der Waals surface area (Å²) >= 11 is 0. The Morgan fingerprint density at radius 3 is 2.45 bits per heavy atom. The SMILES string of the molecule is CNO/C(=N/OCCC(=O)Nc1ccc(F)cc1)C(F)(F)F. The van der Waals surface area contributed by atoms with E-state index in [9.17, 15) is 22.4 Å². The molecule has 0 aliphatic rings. The molecule has 0 atom stereocenters. The zero-order chi connectivity index (χ0) is 16.6. The summed E-state index contributed by atoms with van der Waals surface area (Å²) in [5.74, 6) is -2.60. The fraction of sp³-hybridized carbons (Fsp3) is 0.333. The fourth-order valence-electron chi connectivity index (χ4n) is 1.22. The lowest BCUT2D eigenvalue weighted by Gasteiger charge is -2.09. The summed E-state index contributed by atoms with van der Waals surface area (Å²) in [4.78, 5) is 19.9. The first-order valence-electron chi connectivity index (χ1n) is 5.99. The molecule has 0 aliphatic heterocycles. The molecule has 6 nitrogen and oxygen atoms in total. The Morgan fingerprint density at radius 2 is 1.91 bits per heavy atom. The third-order valence-corrected chi connectivity index (χ3v) is 2.14. The molecule has 122 valence electrons. The smallest absolute Gasteiger partial charge is 0.392 e. The summed E-state index contributed by atoms with van der Waals surface area (Å²) in [7, 11) is 1.12. The topological polar surface area (TPSA) is 71.9 Å². The van der Waals surface area contributed by atoms with E-state index < -0.39 is 23.8 Å². The van der Waals surface area contributed by atoms with Crippen LogP contribution >= 0.6 is 0 Å². The van der Waals surface area contributed by atoms with Gasteiger partial charge in [0.2, 0.25) is 5.91 Å². The van der Waals surface area contributed by atoms with E-state index in [1.807, 2.05) is 5.48 Å². The summed E-state index contributed by atoms with van der Waals surface area (Å²) in [6.07, 6.45) is -5.06. The van der Waals surface area contributed by atoms with Crippen LogP contribution in [0.15, 0.2) is 29.4 Å². The number of anilines is 1. The molecule has 0 fully saturated rings. The van der Waals surface area contributed by atoms with Gasteiger partial charge in [-0.05, 0) is 29.4 Å². The first-order valence-corrected chi connectivity index (χ1v) is 5.99. The van der Waals surface area contributed by atoms with Crippen molar-refractivity contribution in [3.63, 3.8) is 0 Å². The lowest BCUT2D eigenvalue weighted by atomic mass is 10.3. The highest BCUT2D eigenvalue weighted by atomic mass is 19.4. The Balaban J connectivity index is 2.39. The number of carbonyl (C=O) groups excluding carboxylic acids is 1. The molecule has 0 saturated heterocycles. The molecule has 22 heavy (non-hydrogen) atoms. The quantitative estimate of drug-likeness (QED) is 0.277. The molecule has 0 radical (unpaired) electrons. The minimum absolute atomic E-state index is 0.244. The minimum Gasteiger partial charge on any atom is -0.392 e. The summed E-state index contributed by atoms with van der Waals surface area (Å²) in [5, 5.41) is 5.17. The van der Waals surface area contributed by atoms with E-state index in [2.05, 4.69) is 20.1 Å². The lowest BCUT2D eigenvalue weighted by molar-refractivity contribution is -0.117. The van der Waals surface area contributed by atoms with Gasteiger partial charge in [0.1, 0.15) is 12.4 Å². The second kappa shape index (κ2) is 8.17. The molecule has 0 aliphatic carbocycles. The van der Waals surface area contributed by atoms with E-state index in [1.165, 1.54) is 12.1 Å². The monoisotopic (exact) mass is 323 g/mol. The van der Waals surface area contributed by atoms with Crippen molar-refractivity contribution in [2.45, 2.75) is 12.6 Å². The second-order valence-corrected chi connectivity index (χ2v) is 3.84. The van der Waals surface area contributed by atoms with Crippen LogP contribution in [-0.4, -0.2) is 31.6 Å². The van der Waals surface area contributed by atoms with Gasteiger partial charge >= 0.3 is 12.1 Å². The molecule has 1 amide bonds.